The molecule has 0 spiro atoms. The van der Waals surface area contributed by atoms with Crippen molar-refractivity contribution in [1.82, 2.24) is 29.6 Å². The van der Waals surface area contributed by atoms with E-state index in [2.05, 4.69) is 25.0 Å². The van der Waals surface area contributed by atoms with Gasteiger partial charge in [0.15, 0.2) is 12.4 Å². The SMILES string of the molecule is O=C(COc1cccc2ccccc12)N1CCN(c2cc(-n3cncn3)ncn2)CC1. The van der Waals surface area contributed by atoms with Crippen LogP contribution in [0.1, 0.15) is 0 Å². The van der Waals surface area contributed by atoms with E-state index in [9.17, 15) is 4.79 Å². The van der Waals surface area contributed by atoms with Crippen LogP contribution in [0.5, 0.6) is 5.75 Å². The van der Waals surface area contributed by atoms with Gasteiger partial charge >= 0.3 is 0 Å². The van der Waals surface area contributed by atoms with Crippen LogP contribution in [0.15, 0.2) is 67.5 Å². The summed E-state index contributed by atoms with van der Waals surface area (Å²) in [5.74, 6) is 2.18. The van der Waals surface area contributed by atoms with Crippen LogP contribution in [-0.2, 0) is 4.79 Å². The normalized spacial score (nSPS) is 14.1. The minimum atomic E-state index is -0.0152. The lowest BCUT2D eigenvalue weighted by Gasteiger charge is -2.35. The van der Waals surface area contributed by atoms with Crippen molar-refractivity contribution in [2.75, 3.05) is 37.7 Å². The summed E-state index contributed by atoms with van der Waals surface area (Å²) in [5, 5.41) is 6.20. The Bertz CT molecular complexity index is 1180. The average molecular weight is 415 g/mol. The van der Waals surface area contributed by atoms with E-state index in [1.807, 2.05) is 53.4 Å². The molecule has 0 bridgehead atoms. The summed E-state index contributed by atoms with van der Waals surface area (Å²) in [6, 6.07) is 15.7. The van der Waals surface area contributed by atoms with Crippen LogP contribution in [0, 0.1) is 0 Å². The zero-order chi connectivity index (χ0) is 21.0. The smallest absolute Gasteiger partial charge is 0.260 e. The van der Waals surface area contributed by atoms with Gasteiger partial charge in [-0.3, -0.25) is 4.79 Å². The number of rotatable bonds is 5. The second kappa shape index (κ2) is 8.39. The van der Waals surface area contributed by atoms with E-state index < -0.39 is 0 Å². The number of aromatic nitrogens is 5. The lowest BCUT2D eigenvalue weighted by molar-refractivity contribution is -0.133. The highest BCUT2D eigenvalue weighted by molar-refractivity contribution is 5.88. The van der Waals surface area contributed by atoms with Crippen molar-refractivity contribution >= 4 is 22.5 Å². The lowest BCUT2D eigenvalue weighted by Crippen LogP contribution is -2.50. The largest absolute Gasteiger partial charge is 0.483 e. The first kappa shape index (κ1) is 19.0. The molecule has 0 saturated carbocycles. The quantitative estimate of drug-likeness (QED) is 0.492. The van der Waals surface area contributed by atoms with Gasteiger partial charge in [-0.05, 0) is 11.5 Å². The fourth-order valence-corrected chi connectivity index (χ4v) is 3.70. The summed E-state index contributed by atoms with van der Waals surface area (Å²) >= 11 is 0. The molecule has 0 radical (unpaired) electrons. The Labute approximate surface area is 178 Å². The standard InChI is InChI=1S/C22H21N7O2/c30-22(13-31-19-7-3-5-17-4-1-2-6-18(17)19)28-10-8-27(9-11-28)20-12-21(25-15-24-20)29-16-23-14-26-29/h1-7,12,14-16H,8-11,13H2. The van der Waals surface area contributed by atoms with Gasteiger partial charge in [0.2, 0.25) is 0 Å². The zero-order valence-corrected chi connectivity index (χ0v) is 16.8. The molecule has 31 heavy (non-hydrogen) atoms. The second-order valence-corrected chi connectivity index (χ2v) is 7.21. The highest BCUT2D eigenvalue weighted by Crippen LogP contribution is 2.25. The van der Waals surface area contributed by atoms with E-state index in [1.54, 1.807) is 11.0 Å². The van der Waals surface area contributed by atoms with Crippen LogP contribution in [-0.4, -0.2) is 68.3 Å². The predicted octanol–water partition coefficient (Wildman–Crippen LogP) is 1.94. The van der Waals surface area contributed by atoms with Gasteiger partial charge in [0.25, 0.3) is 5.91 Å². The molecule has 0 unspecified atom stereocenters. The minimum absolute atomic E-state index is 0.0152. The summed E-state index contributed by atoms with van der Waals surface area (Å²) in [5.41, 5.74) is 0. The topological polar surface area (TPSA) is 89.3 Å². The van der Waals surface area contributed by atoms with E-state index in [-0.39, 0.29) is 12.5 Å². The Morgan fingerprint density at radius 3 is 2.58 bits per heavy atom. The molecule has 156 valence electrons. The third-order valence-electron chi connectivity index (χ3n) is 5.35. The van der Waals surface area contributed by atoms with Crippen LogP contribution < -0.4 is 9.64 Å². The van der Waals surface area contributed by atoms with Crippen LogP contribution in [0.3, 0.4) is 0 Å². The fraction of sp³-hybridized carbons (Fsp3) is 0.227. The van der Waals surface area contributed by atoms with Gasteiger partial charge in [-0.25, -0.2) is 19.6 Å². The fourth-order valence-electron chi connectivity index (χ4n) is 3.70. The zero-order valence-electron chi connectivity index (χ0n) is 16.8. The van der Waals surface area contributed by atoms with Crippen LogP contribution >= 0.6 is 0 Å². The number of nitrogens with zero attached hydrogens (tertiary/aromatic N) is 7. The molecule has 5 rings (SSSR count). The molecule has 4 aromatic rings. The molecule has 1 aliphatic rings. The maximum Gasteiger partial charge on any atom is 0.260 e. The van der Waals surface area contributed by atoms with Gasteiger partial charge in [-0.1, -0.05) is 36.4 Å². The third kappa shape index (κ3) is 4.02. The lowest BCUT2D eigenvalue weighted by atomic mass is 10.1. The van der Waals surface area contributed by atoms with Crippen LogP contribution in [0.4, 0.5) is 5.82 Å². The number of anilines is 1. The highest BCUT2D eigenvalue weighted by atomic mass is 16.5. The molecule has 1 saturated heterocycles. The first-order chi connectivity index (χ1) is 15.3. The number of carbonyl (C=O) groups is 1. The second-order valence-electron chi connectivity index (χ2n) is 7.21. The summed E-state index contributed by atoms with van der Waals surface area (Å²) in [7, 11) is 0. The summed E-state index contributed by atoms with van der Waals surface area (Å²) in [6.07, 6.45) is 4.58. The van der Waals surface area contributed by atoms with Crippen LogP contribution in [0.2, 0.25) is 0 Å². The molecule has 3 heterocycles. The number of hydrogen-bond donors (Lipinski definition) is 0. The average Bonchev–Trinajstić information content (AvgIpc) is 3.38. The van der Waals surface area contributed by atoms with Gasteiger partial charge in [0.05, 0.1) is 0 Å². The van der Waals surface area contributed by atoms with Gasteiger partial charge < -0.3 is 14.5 Å². The van der Waals surface area contributed by atoms with Crippen molar-refractivity contribution in [3.63, 3.8) is 0 Å². The number of hydrogen-bond acceptors (Lipinski definition) is 7. The summed E-state index contributed by atoms with van der Waals surface area (Å²) < 4.78 is 7.45. The molecule has 9 nitrogen and oxygen atoms in total. The van der Waals surface area contributed by atoms with Crippen molar-refractivity contribution in [2.45, 2.75) is 0 Å². The molecule has 0 aliphatic carbocycles. The molecule has 2 aromatic carbocycles. The highest BCUT2D eigenvalue weighted by Gasteiger charge is 2.23. The molecule has 1 aliphatic heterocycles. The molecule has 1 fully saturated rings. The Morgan fingerprint density at radius 2 is 1.74 bits per heavy atom. The molecular weight excluding hydrogens is 394 g/mol. The molecule has 0 N–H and O–H groups in total. The number of ether oxygens (including phenoxy) is 1. The van der Waals surface area contributed by atoms with Crippen molar-refractivity contribution in [3.05, 3.63) is 67.5 Å². The van der Waals surface area contributed by atoms with Crippen molar-refractivity contribution in [1.29, 1.82) is 0 Å². The summed E-state index contributed by atoms with van der Waals surface area (Å²) in [6.45, 7) is 2.63. The molecule has 2 aromatic heterocycles. The summed E-state index contributed by atoms with van der Waals surface area (Å²) in [4.78, 5) is 29.2. The van der Waals surface area contributed by atoms with Crippen LogP contribution in [0.25, 0.3) is 16.6 Å². The number of amides is 1. The Kier molecular flexibility index (Phi) is 5.14. The minimum Gasteiger partial charge on any atom is -0.483 e. The van der Waals surface area contributed by atoms with Crippen molar-refractivity contribution in [2.24, 2.45) is 0 Å². The van der Waals surface area contributed by atoms with Gasteiger partial charge in [-0.15, -0.1) is 0 Å². The maximum atomic E-state index is 12.7. The third-order valence-corrected chi connectivity index (χ3v) is 5.35. The van der Waals surface area contributed by atoms with Crippen molar-refractivity contribution in [3.8, 4) is 11.6 Å². The van der Waals surface area contributed by atoms with E-state index in [4.69, 9.17) is 4.74 Å². The van der Waals surface area contributed by atoms with E-state index >= 15 is 0 Å². The Hall–Kier alpha value is -4.01. The molecule has 1 amide bonds. The number of piperazine rings is 1. The first-order valence-electron chi connectivity index (χ1n) is 10.1. The predicted molar refractivity (Wildman–Crippen MR) is 115 cm³/mol. The Morgan fingerprint density at radius 1 is 0.935 bits per heavy atom. The van der Waals surface area contributed by atoms with Crippen molar-refractivity contribution < 1.29 is 9.53 Å². The molecule has 0 atom stereocenters. The van der Waals surface area contributed by atoms with Gasteiger partial charge in [0.1, 0.15) is 30.5 Å². The number of fused-ring (bicyclic) bond motifs is 1. The van der Waals surface area contributed by atoms with Gasteiger partial charge in [-0.2, -0.15) is 5.10 Å². The van der Waals surface area contributed by atoms with E-state index in [1.165, 1.54) is 12.7 Å². The Balaban J connectivity index is 1.19. The molecular formula is C22H21N7O2. The van der Waals surface area contributed by atoms with Gasteiger partial charge in [0, 0.05) is 37.6 Å². The monoisotopic (exact) mass is 415 g/mol. The molecule has 9 heteroatoms. The number of carbonyl (C=O) groups excluding carboxylic acids is 1. The maximum absolute atomic E-state index is 12.7. The number of benzene rings is 2. The first-order valence-corrected chi connectivity index (χ1v) is 10.1. The van der Waals surface area contributed by atoms with E-state index in [0.717, 1.165) is 22.3 Å². The van der Waals surface area contributed by atoms with E-state index in [0.29, 0.717) is 32.0 Å².